The van der Waals surface area contributed by atoms with Gasteiger partial charge in [0.25, 0.3) is 0 Å². The third kappa shape index (κ3) is 3.31. The number of azo groups is 1. The van der Waals surface area contributed by atoms with Crippen LogP contribution in [0.4, 0.5) is 11.4 Å². The van der Waals surface area contributed by atoms with E-state index in [1.54, 1.807) is 12.1 Å². The van der Waals surface area contributed by atoms with E-state index in [1.165, 1.54) is 0 Å². The molecule has 0 aliphatic carbocycles. The van der Waals surface area contributed by atoms with Crippen LogP contribution in [0.2, 0.25) is 5.02 Å². The van der Waals surface area contributed by atoms with Gasteiger partial charge in [-0.3, -0.25) is 9.47 Å². The number of aromatic hydroxyl groups is 1. The molecule has 0 amide bonds. The van der Waals surface area contributed by atoms with Crippen molar-refractivity contribution in [3.05, 3.63) is 53.6 Å². The summed E-state index contributed by atoms with van der Waals surface area (Å²) < 4.78 is 7.26. The summed E-state index contributed by atoms with van der Waals surface area (Å²) in [6.07, 6.45) is 0. The second kappa shape index (κ2) is 7.45. The Morgan fingerprint density at radius 3 is 2.54 bits per heavy atom. The third-order valence-electron chi connectivity index (χ3n) is 4.47. The smallest absolute Gasteiger partial charge is 0.221 e. The third-order valence-corrected chi connectivity index (χ3v) is 4.79. The fraction of sp³-hybridized carbons (Fsp3) is 0.263. The van der Waals surface area contributed by atoms with Crippen LogP contribution in [0.25, 0.3) is 10.9 Å². The first-order valence-corrected chi connectivity index (χ1v) is 8.88. The Bertz CT molecular complexity index is 948. The molecular weight excluding hydrogens is 352 g/mol. The first-order valence-electron chi connectivity index (χ1n) is 8.50. The summed E-state index contributed by atoms with van der Waals surface area (Å²) in [6, 6.07) is 15.0. The molecule has 0 saturated carbocycles. The monoisotopic (exact) mass is 370 g/mol. The number of para-hydroxylation sites is 1. The Hall–Kier alpha value is -2.41. The van der Waals surface area contributed by atoms with Crippen LogP contribution in [0.1, 0.15) is 0 Å². The lowest BCUT2D eigenvalue weighted by molar-refractivity contribution is 0.0231. The van der Waals surface area contributed by atoms with E-state index in [0.717, 1.165) is 24.0 Å². The predicted octanol–water partition coefficient (Wildman–Crippen LogP) is 4.71. The van der Waals surface area contributed by atoms with E-state index in [2.05, 4.69) is 15.1 Å². The maximum Gasteiger partial charge on any atom is 0.221 e. The van der Waals surface area contributed by atoms with Crippen molar-refractivity contribution in [2.45, 2.75) is 6.67 Å². The molecule has 2 heterocycles. The zero-order valence-corrected chi connectivity index (χ0v) is 14.9. The highest BCUT2D eigenvalue weighted by Crippen LogP contribution is 2.40. The molecule has 1 fully saturated rings. The Balaban J connectivity index is 1.73. The summed E-state index contributed by atoms with van der Waals surface area (Å²) in [5, 5.41) is 20.7. The molecule has 4 rings (SSSR count). The van der Waals surface area contributed by atoms with Crippen molar-refractivity contribution in [2.24, 2.45) is 10.2 Å². The fourth-order valence-corrected chi connectivity index (χ4v) is 3.27. The first-order chi connectivity index (χ1) is 12.7. The summed E-state index contributed by atoms with van der Waals surface area (Å²) >= 11 is 6.14. The van der Waals surface area contributed by atoms with Crippen molar-refractivity contribution < 1.29 is 9.84 Å². The molecule has 0 unspecified atom stereocenters. The molecule has 26 heavy (non-hydrogen) atoms. The lowest BCUT2D eigenvalue weighted by atomic mass is 10.2. The van der Waals surface area contributed by atoms with Gasteiger partial charge in [0.1, 0.15) is 5.69 Å². The van der Waals surface area contributed by atoms with Gasteiger partial charge in [0.15, 0.2) is 5.69 Å². The van der Waals surface area contributed by atoms with Gasteiger partial charge < -0.3 is 9.84 Å². The molecule has 0 radical (unpaired) electrons. The van der Waals surface area contributed by atoms with Crippen LogP contribution in [-0.4, -0.2) is 40.9 Å². The highest BCUT2D eigenvalue weighted by molar-refractivity contribution is 6.32. The maximum absolute atomic E-state index is 10.8. The molecule has 134 valence electrons. The lowest BCUT2D eigenvalue weighted by Crippen LogP contribution is -2.37. The molecule has 6 nitrogen and oxygen atoms in total. The van der Waals surface area contributed by atoms with Crippen LogP contribution in [-0.2, 0) is 11.4 Å². The van der Waals surface area contributed by atoms with Gasteiger partial charge in [-0.15, -0.1) is 10.2 Å². The molecule has 0 bridgehead atoms. The minimum Gasteiger partial charge on any atom is -0.493 e. The number of fused-ring (bicyclic) bond motifs is 1. The quantitative estimate of drug-likeness (QED) is 0.677. The number of rotatable bonds is 4. The van der Waals surface area contributed by atoms with Crippen LogP contribution < -0.4 is 0 Å². The highest BCUT2D eigenvalue weighted by atomic mass is 35.5. The second-order valence-electron chi connectivity index (χ2n) is 6.14. The van der Waals surface area contributed by atoms with E-state index in [4.69, 9.17) is 16.3 Å². The molecule has 1 aliphatic heterocycles. The summed E-state index contributed by atoms with van der Waals surface area (Å²) in [5.74, 6) is 0.105. The highest BCUT2D eigenvalue weighted by Gasteiger charge is 2.19. The zero-order chi connectivity index (χ0) is 17.9. The molecule has 2 aromatic carbocycles. The van der Waals surface area contributed by atoms with Crippen molar-refractivity contribution in [3.8, 4) is 5.88 Å². The van der Waals surface area contributed by atoms with Gasteiger partial charge in [0, 0.05) is 18.5 Å². The molecular formula is C19H19ClN4O2. The summed E-state index contributed by atoms with van der Waals surface area (Å²) in [5.41, 5.74) is 1.94. The van der Waals surface area contributed by atoms with Gasteiger partial charge in [0.2, 0.25) is 5.88 Å². The Kier molecular flexibility index (Phi) is 4.88. The Labute approximate surface area is 156 Å². The number of aromatic nitrogens is 1. The van der Waals surface area contributed by atoms with Gasteiger partial charge in [-0.25, -0.2) is 0 Å². The number of halogens is 1. The standard InChI is InChI=1S/C19H19ClN4O2/c20-15-6-2-3-7-16(15)21-22-18-14-5-1-4-8-17(14)24(19(18)25)13-23-9-11-26-12-10-23/h1-8,25H,9-13H2. The minimum atomic E-state index is 0.105. The molecule has 3 aromatic rings. The van der Waals surface area contributed by atoms with E-state index in [0.29, 0.717) is 36.3 Å². The van der Waals surface area contributed by atoms with Gasteiger partial charge in [-0.1, -0.05) is 41.9 Å². The van der Waals surface area contributed by atoms with Gasteiger partial charge >= 0.3 is 0 Å². The number of benzene rings is 2. The van der Waals surface area contributed by atoms with Crippen LogP contribution in [0, 0.1) is 0 Å². The summed E-state index contributed by atoms with van der Waals surface area (Å²) in [6.45, 7) is 3.67. The van der Waals surface area contributed by atoms with E-state index < -0.39 is 0 Å². The SMILES string of the molecule is Oc1c(N=Nc2ccccc2Cl)c2ccccc2n1CN1CCOCC1. The normalized spacial score (nSPS) is 15.9. The number of ether oxygens (including phenoxy) is 1. The maximum atomic E-state index is 10.8. The van der Waals surface area contributed by atoms with Crippen molar-refractivity contribution in [1.29, 1.82) is 0 Å². The number of hydrogen-bond donors (Lipinski definition) is 1. The largest absolute Gasteiger partial charge is 0.493 e. The van der Waals surface area contributed by atoms with Crippen LogP contribution in [0.3, 0.4) is 0 Å². The van der Waals surface area contributed by atoms with E-state index in [9.17, 15) is 5.11 Å². The summed E-state index contributed by atoms with van der Waals surface area (Å²) in [4.78, 5) is 2.24. The summed E-state index contributed by atoms with van der Waals surface area (Å²) in [7, 11) is 0. The molecule has 1 saturated heterocycles. The predicted molar refractivity (Wildman–Crippen MR) is 102 cm³/mol. The van der Waals surface area contributed by atoms with Crippen molar-refractivity contribution >= 4 is 33.9 Å². The molecule has 7 heteroatoms. The molecule has 0 spiro atoms. The zero-order valence-electron chi connectivity index (χ0n) is 14.2. The van der Waals surface area contributed by atoms with E-state index in [1.807, 2.05) is 41.0 Å². The average molecular weight is 371 g/mol. The Morgan fingerprint density at radius 2 is 1.73 bits per heavy atom. The molecule has 0 atom stereocenters. The first kappa shape index (κ1) is 17.0. The number of nitrogens with zero attached hydrogens (tertiary/aromatic N) is 4. The molecule has 1 N–H and O–H groups in total. The van der Waals surface area contributed by atoms with Crippen molar-refractivity contribution in [3.63, 3.8) is 0 Å². The van der Waals surface area contributed by atoms with Crippen molar-refractivity contribution in [1.82, 2.24) is 9.47 Å². The molecule has 1 aliphatic rings. The van der Waals surface area contributed by atoms with Crippen molar-refractivity contribution in [2.75, 3.05) is 26.3 Å². The van der Waals surface area contributed by atoms with Crippen LogP contribution in [0.15, 0.2) is 58.8 Å². The number of hydrogen-bond acceptors (Lipinski definition) is 5. The van der Waals surface area contributed by atoms with Gasteiger partial charge in [-0.2, -0.15) is 0 Å². The van der Waals surface area contributed by atoms with Gasteiger partial charge in [0.05, 0.1) is 30.4 Å². The number of morpholine rings is 1. The van der Waals surface area contributed by atoms with E-state index in [-0.39, 0.29) is 5.88 Å². The molecule has 1 aromatic heterocycles. The van der Waals surface area contributed by atoms with Gasteiger partial charge in [-0.05, 0) is 18.2 Å². The fourth-order valence-electron chi connectivity index (χ4n) is 3.09. The van der Waals surface area contributed by atoms with Crippen LogP contribution in [0.5, 0.6) is 5.88 Å². The van der Waals surface area contributed by atoms with E-state index >= 15 is 0 Å². The topological polar surface area (TPSA) is 62.4 Å². The van der Waals surface area contributed by atoms with Crippen LogP contribution >= 0.6 is 11.6 Å². The average Bonchev–Trinajstić information content (AvgIpc) is 2.94. The lowest BCUT2D eigenvalue weighted by Gasteiger charge is -2.27. The minimum absolute atomic E-state index is 0.105. The second-order valence-corrected chi connectivity index (χ2v) is 6.55. The Morgan fingerprint density at radius 1 is 1.00 bits per heavy atom.